The fourth-order valence-corrected chi connectivity index (χ4v) is 3.84. The molecule has 0 spiro atoms. The topological polar surface area (TPSA) is 32.3 Å². The maximum atomic E-state index is 12.5. The van der Waals surface area contributed by atoms with Crippen LogP contribution in [0.4, 0.5) is 5.69 Å². The van der Waals surface area contributed by atoms with Gasteiger partial charge in [-0.25, -0.2) is 0 Å². The summed E-state index contributed by atoms with van der Waals surface area (Å²) in [4.78, 5) is 14.4. The largest absolute Gasteiger partial charge is 0.316 e. The number of hydrogen-bond donors (Lipinski definition) is 1. The second kappa shape index (κ2) is 7.20. The number of rotatable bonds is 1. The molecule has 2 aliphatic heterocycles. The molecule has 0 atom stereocenters. The van der Waals surface area contributed by atoms with Gasteiger partial charge in [0.05, 0.1) is 10.7 Å². The summed E-state index contributed by atoms with van der Waals surface area (Å²) in [5.74, 6) is 0.192. The molecule has 3 nitrogen and oxygen atoms in total. The molecular formula is C17H24Cl2N2O. The van der Waals surface area contributed by atoms with E-state index in [1.165, 1.54) is 16.7 Å². The van der Waals surface area contributed by atoms with Gasteiger partial charge in [0.15, 0.2) is 0 Å². The van der Waals surface area contributed by atoms with Crippen LogP contribution in [-0.2, 0) is 24.1 Å². The third kappa shape index (κ3) is 3.12. The van der Waals surface area contributed by atoms with Gasteiger partial charge >= 0.3 is 0 Å². The van der Waals surface area contributed by atoms with E-state index in [9.17, 15) is 4.79 Å². The number of carbonyl (C=O) groups is 1. The maximum Gasteiger partial charge on any atom is 0.229 e. The number of carbonyl (C=O) groups excluding carboxylic acids is 1. The Hall–Kier alpha value is -0.770. The number of nitrogens with one attached hydrogen (secondary N) is 1. The minimum Gasteiger partial charge on any atom is -0.316 e. The first-order valence-electron chi connectivity index (χ1n) is 7.95. The SMILES string of the molecule is CC(C)C(=O)N1CCCc2cc3c(c(Cl)c21)CCNCC3.Cl. The summed E-state index contributed by atoms with van der Waals surface area (Å²) < 4.78 is 0. The number of fused-ring (bicyclic) bond motifs is 2. The number of benzene rings is 1. The van der Waals surface area contributed by atoms with Gasteiger partial charge in [0.2, 0.25) is 5.91 Å². The first-order chi connectivity index (χ1) is 10.1. The minimum absolute atomic E-state index is 0. The minimum atomic E-state index is 0. The number of aryl methyl sites for hydroxylation is 1. The van der Waals surface area contributed by atoms with Crippen molar-refractivity contribution in [3.05, 3.63) is 27.8 Å². The lowest BCUT2D eigenvalue weighted by Crippen LogP contribution is -2.38. The normalized spacial score (nSPS) is 17.4. The summed E-state index contributed by atoms with van der Waals surface area (Å²) in [6, 6.07) is 2.29. The molecule has 5 heteroatoms. The van der Waals surface area contributed by atoms with Crippen molar-refractivity contribution in [3.8, 4) is 0 Å². The maximum absolute atomic E-state index is 12.5. The molecule has 1 aromatic carbocycles. The lowest BCUT2D eigenvalue weighted by atomic mass is 9.92. The summed E-state index contributed by atoms with van der Waals surface area (Å²) in [6.07, 6.45) is 4.03. The van der Waals surface area contributed by atoms with E-state index in [-0.39, 0.29) is 24.2 Å². The van der Waals surface area contributed by atoms with Crippen molar-refractivity contribution >= 4 is 35.6 Å². The van der Waals surface area contributed by atoms with E-state index in [1.807, 2.05) is 18.7 Å². The van der Waals surface area contributed by atoms with Crippen molar-refractivity contribution in [2.75, 3.05) is 24.5 Å². The Morgan fingerprint density at radius 3 is 2.68 bits per heavy atom. The quantitative estimate of drug-likeness (QED) is 0.848. The first-order valence-corrected chi connectivity index (χ1v) is 8.32. The number of amides is 1. The predicted octanol–water partition coefficient (Wildman–Crippen LogP) is 3.39. The van der Waals surface area contributed by atoms with Gasteiger partial charge in [-0.3, -0.25) is 4.79 Å². The van der Waals surface area contributed by atoms with Crippen LogP contribution in [0.1, 0.15) is 37.0 Å². The molecule has 22 heavy (non-hydrogen) atoms. The first kappa shape index (κ1) is 17.6. The molecule has 0 unspecified atom stereocenters. The lowest BCUT2D eigenvalue weighted by molar-refractivity contribution is -0.121. The van der Waals surface area contributed by atoms with Gasteiger partial charge < -0.3 is 10.2 Å². The van der Waals surface area contributed by atoms with Crippen molar-refractivity contribution in [2.24, 2.45) is 5.92 Å². The molecular weight excluding hydrogens is 319 g/mol. The molecule has 1 amide bonds. The Morgan fingerprint density at radius 1 is 1.23 bits per heavy atom. The predicted molar refractivity (Wildman–Crippen MR) is 94.5 cm³/mol. The molecule has 0 fully saturated rings. The van der Waals surface area contributed by atoms with Crippen molar-refractivity contribution in [3.63, 3.8) is 0 Å². The van der Waals surface area contributed by atoms with E-state index in [0.29, 0.717) is 0 Å². The van der Waals surface area contributed by atoms with Gasteiger partial charge in [-0.05, 0) is 55.5 Å². The fraction of sp³-hybridized carbons (Fsp3) is 0.588. The summed E-state index contributed by atoms with van der Waals surface area (Å²) in [6.45, 7) is 6.68. The summed E-state index contributed by atoms with van der Waals surface area (Å²) in [7, 11) is 0. The van der Waals surface area contributed by atoms with Crippen LogP contribution >= 0.6 is 24.0 Å². The molecule has 0 aromatic heterocycles. The molecule has 122 valence electrons. The monoisotopic (exact) mass is 342 g/mol. The molecule has 0 saturated heterocycles. The highest BCUT2D eigenvalue weighted by Crippen LogP contribution is 2.40. The highest BCUT2D eigenvalue weighted by Gasteiger charge is 2.29. The van der Waals surface area contributed by atoms with Crippen molar-refractivity contribution in [1.29, 1.82) is 0 Å². The smallest absolute Gasteiger partial charge is 0.229 e. The van der Waals surface area contributed by atoms with E-state index in [4.69, 9.17) is 11.6 Å². The van der Waals surface area contributed by atoms with Crippen molar-refractivity contribution in [1.82, 2.24) is 5.32 Å². The molecule has 1 N–H and O–H groups in total. The van der Waals surface area contributed by atoms with Gasteiger partial charge in [0.25, 0.3) is 0 Å². The van der Waals surface area contributed by atoms with Gasteiger partial charge in [0.1, 0.15) is 0 Å². The Morgan fingerprint density at radius 2 is 1.95 bits per heavy atom. The van der Waals surface area contributed by atoms with Gasteiger partial charge in [-0.1, -0.05) is 31.5 Å². The highest BCUT2D eigenvalue weighted by atomic mass is 35.5. The zero-order chi connectivity index (χ0) is 15.0. The number of hydrogen-bond acceptors (Lipinski definition) is 2. The van der Waals surface area contributed by atoms with Crippen LogP contribution in [0, 0.1) is 5.92 Å². The molecule has 1 aromatic rings. The van der Waals surface area contributed by atoms with Crippen LogP contribution in [0.25, 0.3) is 0 Å². The summed E-state index contributed by atoms with van der Waals surface area (Å²) in [5, 5.41) is 4.24. The highest BCUT2D eigenvalue weighted by molar-refractivity contribution is 6.35. The number of halogens is 2. The molecule has 2 heterocycles. The Labute approximate surface area is 143 Å². The van der Waals surface area contributed by atoms with E-state index in [2.05, 4.69) is 11.4 Å². The van der Waals surface area contributed by atoms with Gasteiger partial charge in [-0.15, -0.1) is 12.4 Å². The van der Waals surface area contributed by atoms with E-state index in [1.54, 1.807) is 0 Å². The fourth-order valence-electron chi connectivity index (χ4n) is 3.40. The Kier molecular flexibility index (Phi) is 5.76. The van der Waals surface area contributed by atoms with E-state index >= 15 is 0 Å². The van der Waals surface area contributed by atoms with Crippen LogP contribution < -0.4 is 10.2 Å². The standard InChI is InChI=1S/C17H23ClN2O.ClH/c1-11(2)17(21)20-9-3-4-13-10-12-5-7-19-8-6-14(12)15(18)16(13)20;/h10-11,19H,3-9H2,1-2H3;1H. The number of nitrogens with zero attached hydrogens (tertiary/aromatic N) is 1. The van der Waals surface area contributed by atoms with Gasteiger partial charge in [-0.2, -0.15) is 0 Å². The third-order valence-electron chi connectivity index (χ3n) is 4.49. The van der Waals surface area contributed by atoms with Crippen LogP contribution in [-0.4, -0.2) is 25.5 Å². The third-order valence-corrected chi connectivity index (χ3v) is 4.90. The Balaban J connectivity index is 0.00000176. The molecule has 0 saturated carbocycles. The van der Waals surface area contributed by atoms with Crippen LogP contribution in [0.3, 0.4) is 0 Å². The lowest BCUT2D eigenvalue weighted by Gasteiger charge is -2.33. The van der Waals surface area contributed by atoms with Crippen LogP contribution in [0.15, 0.2) is 6.07 Å². The molecule has 3 rings (SSSR count). The van der Waals surface area contributed by atoms with Crippen LogP contribution in [0.2, 0.25) is 5.02 Å². The number of anilines is 1. The van der Waals surface area contributed by atoms with Crippen LogP contribution in [0.5, 0.6) is 0 Å². The van der Waals surface area contributed by atoms with Crippen molar-refractivity contribution in [2.45, 2.75) is 39.5 Å². The average Bonchev–Trinajstić information content (AvgIpc) is 2.71. The Bertz CT molecular complexity index is 572. The second-order valence-electron chi connectivity index (χ2n) is 6.33. The molecule has 0 aliphatic carbocycles. The van der Waals surface area contributed by atoms with E-state index in [0.717, 1.165) is 56.0 Å². The molecule has 0 radical (unpaired) electrons. The summed E-state index contributed by atoms with van der Waals surface area (Å²) >= 11 is 6.74. The van der Waals surface area contributed by atoms with Gasteiger partial charge in [0, 0.05) is 12.5 Å². The average molecular weight is 343 g/mol. The zero-order valence-corrected chi connectivity index (χ0v) is 14.8. The van der Waals surface area contributed by atoms with Crippen molar-refractivity contribution < 1.29 is 4.79 Å². The molecule has 0 bridgehead atoms. The molecule has 2 aliphatic rings. The van der Waals surface area contributed by atoms with E-state index < -0.39 is 0 Å². The zero-order valence-electron chi connectivity index (χ0n) is 13.2. The summed E-state index contributed by atoms with van der Waals surface area (Å²) in [5.41, 5.74) is 4.84. The second-order valence-corrected chi connectivity index (χ2v) is 6.71.